The van der Waals surface area contributed by atoms with E-state index in [1.807, 2.05) is 0 Å². The van der Waals surface area contributed by atoms with Crippen LogP contribution in [0.2, 0.25) is 0 Å². The van der Waals surface area contributed by atoms with Gasteiger partial charge in [0.05, 0.1) is 0 Å². The van der Waals surface area contributed by atoms with Gasteiger partial charge in [-0.25, -0.2) is 0 Å². The van der Waals surface area contributed by atoms with Gasteiger partial charge in [0.1, 0.15) is 0 Å². The van der Waals surface area contributed by atoms with Crippen molar-refractivity contribution in [2.75, 3.05) is 29.4 Å². The molecule has 9 heteroatoms. The molecule has 0 saturated heterocycles. The summed E-state index contributed by atoms with van der Waals surface area (Å²) in [6.07, 6.45) is 0. The molecule has 21 rings (SSSR count). The molecule has 0 aromatic heterocycles. The summed E-state index contributed by atoms with van der Waals surface area (Å²) in [5, 5.41) is 0. The number of benzene rings is 15. The minimum atomic E-state index is -1.10. The van der Waals surface area contributed by atoms with Crippen molar-refractivity contribution in [2.45, 2.75) is 211 Å². The lowest BCUT2D eigenvalue weighted by molar-refractivity contribution is 0.590. The summed E-state index contributed by atoms with van der Waals surface area (Å²) in [6.45, 7) is 58.0. The van der Waals surface area contributed by atoms with Gasteiger partial charge < -0.3 is 29.4 Å². The van der Waals surface area contributed by atoms with Crippen LogP contribution in [0.3, 0.4) is 0 Å². The second kappa shape index (κ2) is 29.9. The maximum atomic E-state index is 2.72. The average Bonchev–Trinajstić information content (AvgIpc) is 0.676. The lowest BCUT2D eigenvalue weighted by Crippen LogP contribution is -2.66. The van der Waals surface area contributed by atoms with E-state index in [1.54, 1.807) is 0 Å². The van der Waals surface area contributed by atoms with Gasteiger partial charge in [-0.05, 0) is 342 Å². The molecule has 0 saturated carbocycles. The quantitative estimate of drug-likeness (QED) is 0.105. The first-order valence-corrected chi connectivity index (χ1v) is 47.7. The zero-order valence-corrected chi connectivity index (χ0v) is 81.6. The fourth-order valence-corrected chi connectivity index (χ4v) is 22.8. The van der Waals surface area contributed by atoms with Gasteiger partial charge in [-0.15, -0.1) is 0 Å². The third-order valence-corrected chi connectivity index (χ3v) is 29.8. The van der Waals surface area contributed by atoms with Gasteiger partial charge in [0.2, 0.25) is 0 Å². The van der Waals surface area contributed by atoms with Crippen molar-refractivity contribution in [1.82, 2.24) is 0 Å². The first kappa shape index (κ1) is 85.1. The fraction of sp³-hybridized carbons (Fsp3) is 0.262. The average molecular weight is 1710 g/mol. The summed E-state index contributed by atoms with van der Waals surface area (Å²) in [4.78, 5) is 15.9. The third-order valence-electron chi connectivity index (χ3n) is 29.8. The highest BCUT2D eigenvalue weighted by atomic mass is 15.2. The van der Waals surface area contributed by atoms with Crippen LogP contribution in [0.25, 0.3) is 0 Å². The number of anilines is 18. The molecule has 6 heterocycles. The van der Waals surface area contributed by atoms with E-state index in [0.717, 1.165) is 34.1 Å². The van der Waals surface area contributed by atoms with E-state index in [0.29, 0.717) is 0 Å². The van der Waals surface area contributed by atoms with Crippen molar-refractivity contribution in [2.24, 2.45) is 0 Å². The Morgan fingerprint density at radius 1 is 0.168 bits per heavy atom. The van der Waals surface area contributed by atoms with Crippen LogP contribution in [-0.4, -0.2) is 20.1 Å². The second-order valence-corrected chi connectivity index (χ2v) is 45.3. The monoisotopic (exact) mass is 1710 g/mol. The molecular weight excluding hydrogens is 1580 g/mol. The molecule has 6 nitrogen and oxygen atoms in total. The predicted octanol–water partition coefficient (Wildman–Crippen LogP) is 26.9. The molecule has 0 amide bonds. The molecule has 131 heavy (non-hydrogen) atoms. The summed E-state index contributed by atoms with van der Waals surface area (Å²) in [5.41, 5.74) is 49.5. The van der Waals surface area contributed by atoms with Crippen molar-refractivity contribution < 1.29 is 0 Å². The van der Waals surface area contributed by atoms with E-state index < -0.39 is 5.41 Å². The van der Waals surface area contributed by atoms with Crippen LogP contribution in [0.15, 0.2) is 291 Å². The van der Waals surface area contributed by atoms with Crippen LogP contribution in [-0.2, 0) is 37.9 Å². The van der Waals surface area contributed by atoms with E-state index in [9.17, 15) is 0 Å². The Labute approximate surface area is 781 Å². The standard InChI is InChI=1S/C122H123B3N6/c1-74-35-50-86(51-36-74)129-101-32-26-29-92(110(101)123-95-71-83(119(16,17)18)47-62-98(95)126(104-65-77(4)68-107(129)113(104)123)89-56-41-80(42-57-89)116(7,8)9)122(25,93-30-27-33-102-111(93)124-96-72-84(120(19,20)21)48-63-99(96)127(90-58-43-81(44-59-90)117(10,11)12)105-66-78(5)69-108(114(105)124)130(102)87-52-37-75(2)38-53-87)94-31-28-34-103-112(94)125-97-73-85(121(22,23)24)49-64-100(97)128(91-60-45-82(46-61-91)118(13,14)15)106-67-79(6)70-109(115(106)125)131(103)88-54-39-76(3)40-55-88/h26-73H,1-25H3. The lowest BCUT2D eigenvalue weighted by atomic mass is 9.29. The highest BCUT2D eigenvalue weighted by Gasteiger charge is 2.55. The molecule has 0 unspecified atom stereocenters. The molecule has 650 valence electrons. The molecule has 0 aliphatic carbocycles. The van der Waals surface area contributed by atoms with Crippen molar-refractivity contribution in [3.8, 4) is 0 Å². The highest BCUT2D eigenvalue weighted by Crippen LogP contribution is 2.55. The van der Waals surface area contributed by atoms with Crippen molar-refractivity contribution in [3.63, 3.8) is 0 Å². The van der Waals surface area contributed by atoms with Gasteiger partial charge in [-0.3, -0.25) is 0 Å². The molecule has 0 bridgehead atoms. The third kappa shape index (κ3) is 13.6. The van der Waals surface area contributed by atoms with Crippen LogP contribution in [0.4, 0.5) is 102 Å². The lowest BCUT2D eigenvalue weighted by Gasteiger charge is -2.50. The Morgan fingerprint density at radius 2 is 0.359 bits per heavy atom. The van der Waals surface area contributed by atoms with Gasteiger partial charge in [-0.1, -0.05) is 287 Å². The largest absolute Gasteiger partial charge is 0.311 e. The van der Waals surface area contributed by atoms with Crippen molar-refractivity contribution >= 4 is 172 Å². The zero-order chi connectivity index (χ0) is 91.9. The van der Waals surface area contributed by atoms with Crippen molar-refractivity contribution in [1.29, 1.82) is 0 Å². The van der Waals surface area contributed by atoms with Gasteiger partial charge in [0, 0.05) is 108 Å². The number of fused-ring (bicyclic) bond motifs is 12. The first-order chi connectivity index (χ1) is 62.1. The summed E-state index contributed by atoms with van der Waals surface area (Å²) < 4.78 is 0. The number of hydrogen-bond acceptors (Lipinski definition) is 6. The maximum absolute atomic E-state index is 2.72. The summed E-state index contributed by atoms with van der Waals surface area (Å²) in [5.74, 6) is 0. The Bertz CT molecular complexity index is 6500. The molecule has 6 aliphatic heterocycles. The molecule has 0 radical (unpaired) electrons. The van der Waals surface area contributed by atoms with E-state index in [2.05, 4.69) is 494 Å². The van der Waals surface area contributed by atoms with E-state index in [4.69, 9.17) is 0 Å². The van der Waals surface area contributed by atoms with E-state index >= 15 is 0 Å². The van der Waals surface area contributed by atoms with Gasteiger partial charge >= 0.3 is 0 Å². The van der Waals surface area contributed by atoms with E-state index in [-0.39, 0.29) is 52.6 Å². The topological polar surface area (TPSA) is 19.4 Å². The molecule has 6 aliphatic rings. The van der Waals surface area contributed by atoms with Crippen molar-refractivity contribution in [3.05, 3.63) is 375 Å². The normalized spacial score (nSPS) is 14.3. The van der Waals surface area contributed by atoms with Crippen LogP contribution >= 0.6 is 0 Å². The Morgan fingerprint density at radius 3 is 0.565 bits per heavy atom. The molecule has 15 aromatic rings. The molecule has 0 fully saturated rings. The minimum absolute atomic E-state index is 0.0534. The summed E-state index contributed by atoms with van der Waals surface area (Å²) >= 11 is 0. The molecular formula is C122H123B3N6. The summed E-state index contributed by atoms with van der Waals surface area (Å²) in [7, 11) is 0. The highest BCUT2D eigenvalue weighted by molar-refractivity contribution is 7.02. The first-order valence-electron chi connectivity index (χ1n) is 47.7. The number of rotatable bonds is 9. The van der Waals surface area contributed by atoms with E-state index in [1.165, 1.54) is 201 Å². The number of nitrogens with zero attached hydrogens (tertiary/aromatic N) is 6. The Hall–Kier alpha value is -12.7. The predicted molar refractivity (Wildman–Crippen MR) is 568 cm³/mol. The van der Waals surface area contributed by atoms with Crippen LogP contribution in [0.5, 0.6) is 0 Å². The van der Waals surface area contributed by atoms with Crippen LogP contribution in [0.1, 0.15) is 215 Å². The van der Waals surface area contributed by atoms with Gasteiger partial charge in [0.15, 0.2) is 0 Å². The summed E-state index contributed by atoms with van der Waals surface area (Å²) in [6, 6.07) is 117. The molecule has 0 atom stereocenters. The number of aryl methyl sites for hydroxylation is 6. The minimum Gasteiger partial charge on any atom is -0.311 e. The second-order valence-electron chi connectivity index (χ2n) is 45.3. The molecule has 15 aromatic carbocycles. The van der Waals surface area contributed by atoms with Crippen LogP contribution in [0, 0.1) is 41.5 Å². The SMILES string of the molecule is Cc1ccc(N2c3cc(C)cc4c3B(c3cc(C(C)(C)C)ccc3N4c3ccc(C(C)(C)C)cc3)c3c2cccc3C(C)(c2cccc3c2B2c4cc(C(C)(C)C)ccc4N(c4ccc(C(C)(C)C)cc4)c4cc(C)cc(c42)N3c2ccc(C)cc2)c2cccc3c2B2c4cc(C(C)(C)C)ccc4N(c4ccc(C(C)(C)C)cc4)c4cc(C)cc(c42)N3c2ccc(C)cc2)cc1. The van der Waals surface area contributed by atoms with Crippen LogP contribution < -0.4 is 78.6 Å². The number of hydrogen-bond donors (Lipinski definition) is 0. The van der Waals surface area contributed by atoms with Gasteiger partial charge in [0.25, 0.3) is 20.1 Å². The van der Waals surface area contributed by atoms with Gasteiger partial charge in [-0.2, -0.15) is 0 Å². The Kier molecular flexibility index (Phi) is 19.4. The molecule has 0 spiro atoms. The fourth-order valence-electron chi connectivity index (χ4n) is 22.8. The zero-order valence-electron chi connectivity index (χ0n) is 81.6. The smallest absolute Gasteiger partial charge is 0.252 e. The Balaban J connectivity index is 0.959. The molecule has 0 N–H and O–H groups in total. The maximum Gasteiger partial charge on any atom is 0.252 e.